The molecule has 146 valence electrons. The van der Waals surface area contributed by atoms with Gasteiger partial charge in [-0.05, 0) is 63.8 Å². The average Bonchev–Trinajstić information content (AvgIpc) is 3.24. The third kappa shape index (κ3) is 3.81. The molecule has 0 spiro atoms. The lowest BCUT2D eigenvalue weighted by molar-refractivity contribution is -0.0139. The number of nitrogens with zero attached hydrogens (tertiary/aromatic N) is 2. The van der Waals surface area contributed by atoms with Crippen molar-refractivity contribution in [1.29, 1.82) is 5.26 Å². The quantitative estimate of drug-likeness (QED) is 0.487. The highest BCUT2D eigenvalue weighted by atomic mass is 32.1. The Bertz CT molecular complexity index is 1070. The van der Waals surface area contributed by atoms with E-state index in [0.29, 0.717) is 29.3 Å². The summed E-state index contributed by atoms with van der Waals surface area (Å²) in [4.78, 5) is 18.1. The molecule has 1 aromatic carbocycles. The van der Waals surface area contributed by atoms with Crippen LogP contribution in [-0.4, -0.2) is 24.2 Å². The number of hydrogen-bond donors (Lipinski definition) is 0. The van der Waals surface area contributed by atoms with Gasteiger partial charge < -0.3 is 9.47 Å². The van der Waals surface area contributed by atoms with Gasteiger partial charge in [0.15, 0.2) is 0 Å². The Hall–Kier alpha value is -2.27. The molecule has 5 nitrogen and oxygen atoms in total. The molecule has 0 aliphatic heterocycles. The van der Waals surface area contributed by atoms with Crippen LogP contribution in [0.25, 0.3) is 20.0 Å². The number of thiazole rings is 1. The molecule has 3 aromatic rings. The maximum absolute atomic E-state index is 12.1. The van der Waals surface area contributed by atoms with Crippen LogP contribution in [0.1, 0.15) is 54.2 Å². The molecule has 7 heteroatoms. The lowest BCUT2D eigenvalue weighted by Gasteiger charge is -2.25. The van der Waals surface area contributed by atoms with E-state index in [2.05, 4.69) is 17.1 Å². The number of hydrogen-bond acceptors (Lipinski definition) is 7. The topological polar surface area (TPSA) is 72.2 Å². The molecule has 2 heterocycles. The Kier molecular flexibility index (Phi) is 5.84. The van der Waals surface area contributed by atoms with Crippen LogP contribution < -0.4 is 0 Å². The van der Waals surface area contributed by atoms with Crippen molar-refractivity contribution in [3.05, 3.63) is 39.9 Å². The normalized spacial score (nSPS) is 11.6. The number of carbonyl (C=O) groups excluding carboxylic acids is 1. The Morgan fingerprint density at radius 3 is 2.61 bits per heavy atom. The van der Waals surface area contributed by atoms with Gasteiger partial charge in [-0.15, -0.1) is 22.7 Å². The van der Waals surface area contributed by atoms with Crippen molar-refractivity contribution in [3.8, 4) is 16.0 Å². The van der Waals surface area contributed by atoms with Crippen LogP contribution in [0, 0.1) is 18.3 Å². The Morgan fingerprint density at radius 2 is 1.96 bits per heavy atom. The second-order valence-electron chi connectivity index (χ2n) is 6.76. The fourth-order valence-electron chi connectivity index (χ4n) is 3.02. The van der Waals surface area contributed by atoms with Crippen molar-refractivity contribution in [2.24, 2.45) is 0 Å². The molecule has 0 atom stereocenters. The van der Waals surface area contributed by atoms with E-state index in [9.17, 15) is 10.1 Å². The molecule has 0 saturated heterocycles. The minimum atomic E-state index is -0.481. The molecule has 0 aliphatic rings. The van der Waals surface area contributed by atoms with E-state index in [1.54, 1.807) is 6.92 Å². The number of aromatic nitrogens is 1. The minimum absolute atomic E-state index is 0.332. The van der Waals surface area contributed by atoms with E-state index >= 15 is 0 Å². The van der Waals surface area contributed by atoms with Crippen LogP contribution in [0.15, 0.2) is 18.2 Å². The van der Waals surface area contributed by atoms with Gasteiger partial charge in [0.25, 0.3) is 0 Å². The molecule has 0 N–H and O–H groups in total. The number of carbonyl (C=O) groups is 1. The first-order chi connectivity index (χ1) is 13.3. The summed E-state index contributed by atoms with van der Waals surface area (Å²) >= 11 is 2.84. The summed E-state index contributed by atoms with van der Waals surface area (Å²) in [6.45, 7) is 10.5. The zero-order valence-corrected chi connectivity index (χ0v) is 18.2. The number of rotatable bonds is 6. The van der Waals surface area contributed by atoms with Crippen molar-refractivity contribution in [2.45, 2.75) is 40.2 Å². The summed E-state index contributed by atoms with van der Waals surface area (Å²) in [5, 5.41) is 11.4. The summed E-state index contributed by atoms with van der Waals surface area (Å²) in [6, 6.07) is 8.30. The van der Waals surface area contributed by atoms with Gasteiger partial charge >= 0.3 is 5.97 Å². The molecule has 0 bridgehead atoms. The highest BCUT2D eigenvalue weighted by molar-refractivity contribution is 7.26. The number of nitriles is 1. The van der Waals surface area contributed by atoms with Gasteiger partial charge in [-0.1, -0.05) is 0 Å². The summed E-state index contributed by atoms with van der Waals surface area (Å²) in [7, 11) is 0. The summed E-state index contributed by atoms with van der Waals surface area (Å²) < 4.78 is 11.9. The molecule has 0 saturated carbocycles. The zero-order valence-electron chi connectivity index (χ0n) is 16.6. The number of aryl methyl sites for hydroxylation is 1. The number of fused-ring (bicyclic) bond motifs is 1. The monoisotopic (exact) mass is 414 g/mol. The van der Waals surface area contributed by atoms with Crippen molar-refractivity contribution in [2.75, 3.05) is 13.2 Å². The Labute approximate surface area is 172 Å². The Morgan fingerprint density at radius 1 is 1.21 bits per heavy atom. The fourth-order valence-corrected chi connectivity index (χ4v) is 5.13. The number of benzene rings is 1. The molecule has 0 radical (unpaired) electrons. The number of thiophene rings is 1. The summed E-state index contributed by atoms with van der Waals surface area (Å²) in [5.41, 5.74) is 1.76. The van der Waals surface area contributed by atoms with Crippen molar-refractivity contribution in [3.63, 3.8) is 0 Å². The lowest BCUT2D eigenvalue weighted by Crippen LogP contribution is -2.21. The molecular weight excluding hydrogens is 392 g/mol. The van der Waals surface area contributed by atoms with Gasteiger partial charge in [-0.2, -0.15) is 5.26 Å². The van der Waals surface area contributed by atoms with Gasteiger partial charge in [-0.3, -0.25) is 0 Å². The van der Waals surface area contributed by atoms with Crippen LogP contribution in [0.4, 0.5) is 0 Å². The van der Waals surface area contributed by atoms with E-state index in [1.807, 2.05) is 39.8 Å². The first kappa shape index (κ1) is 20.5. The second-order valence-corrected chi connectivity index (χ2v) is 8.81. The predicted octanol–water partition coefficient (Wildman–Crippen LogP) is 5.65. The summed E-state index contributed by atoms with van der Waals surface area (Å²) in [6.07, 6.45) is 0. The lowest BCUT2D eigenvalue weighted by atomic mass is 9.95. The molecule has 0 fully saturated rings. The van der Waals surface area contributed by atoms with Gasteiger partial charge in [0, 0.05) is 6.61 Å². The average molecular weight is 415 g/mol. The highest BCUT2D eigenvalue weighted by Gasteiger charge is 2.24. The standard InChI is InChI=1S/C21H22N2O3S2/c1-6-25-20(24)17-12(3)23-19(28-17)16-10-13-8-15(21(4,5)26-7-2)9-14(11-22)18(13)27-16/h8-10H,6-7H2,1-5H3. The molecule has 28 heavy (non-hydrogen) atoms. The van der Waals surface area contributed by atoms with Crippen molar-refractivity contribution >= 4 is 38.7 Å². The molecular formula is C21H22N2O3S2. The largest absolute Gasteiger partial charge is 0.462 e. The van der Waals surface area contributed by atoms with Gasteiger partial charge in [-0.25, -0.2) is 9.78 Å². The first-order valence-corrected chi connectivity index (χ1v) is 10.7. The second kappa shape index (κ2) is 8.00. The number of esters is 1. The van der Waals surface area contributed by atoms with Crippen LogP contribution in [0.5, 0.6) is 0 Å². The third-order valence-corrected chi connectivity index (χ3v) is 6.90. The highest BCUT2D eigenvalue weighted by Crippen LogP contribution is 2.40. The van der Waals surface area contributed by atoms with E-state index in [-0.39, 0.29) is 5.97 Å². The Balaban J connectivity index is 2.09. The van der Waals surface area contributed by atoms with E-state index in [1.165, 1.54) is 22.7 Å². The van der Waals surface area contributed by atoms with E-state index < -0.39 is 5.60 Å². The molecule has 0 amide bonds. The minimum Gasteiger partial charge on any atom is -0.462 e. The van der Waals surface area contributed by atoms with Crippen molar-refractivity contribution < 1.29 is 14.3 Å². The zero-order chi connectivity index (χ0) is 20.5. The third-order valence-electron chi connectivity index (χ3n) is 4.41. The molecule has 0 unspecified atom stereocenters. The smallest absolute Gasteiger partial charge is 0.350 e. The van der Waals surface area contributed by atoms with Gasteiger partial charge in [0.2, 0.25) is 0 Å². The first-order valence-electron chi connectivity index (χ1n) is 9.07. The van der Waals surface area contributed by atoms with Crippen LogP contribution >= 0.6 is 22.7 Å². The van der Waals surface area contributed by atoms with Crippen LogP contribution in [0.3, 0.4) is 0 Å². The molecule has 0 aliphatic carbocycles. The van der Waals surface area contributed by atoms with Crippen LogP contribution in [-0.2, 0) is 15.1 Å². The van der Waals surface area contributed by atoms with Crippen molar-refractivity contribution in [1.82, 2.24) is 4.98 Å². The van der Waals surface area contributed by atoms with Gasteiger partial charge in [0.1, 0.15) is 16.0 Å². The fraction of sp³-hybridized carbons (Fsp3) is 0.381. The van der Waals surface area contributed by atoms with Crippen LogP contribution in [0.2, 0.25) is 0 Å². The molecule has 2 aromatic heterocycles. The van der Waals surface area contributed by atoms with Gasteiger partial charge in [0.05, 0.1) is 33.0 Å². The van der Waals surface area contributed by atoms with E-state index in [0.717, 1.165) is 25.5 Å². The maximum Gasteiger partial charge on any atom is 0.350 e. The molecule has 3 rings (SSSR count). The predicted molar refractivity (Wildman–Crippen MR) is 113 cm³/mol. The van der Waals surface area contributed by atoms with E-state index in [4.69, 9.17) is 9.47 Å². The maximum atomic E-state index is 12.1. The SMILES string of the molecule is CCOC(=O)c1sc(-c2cc3cc(C(C)(C)OCC)cc(C#N)c3s2)nc1C. The number of ether oxygens (including phenoxy) is 2. The summed E-state index contributed by atoms with van der Waals surface area (Å²) in [5.74, 6) is -0.344.